The van der Waals surface area contributed by atoms with E-state index in [1.54, 1.807) is 0 Å². The molecular weight excluding hydrogens is 272 g/mol. The molecule has 1 fully saturated rings. The van der Waals surface area contributed by atoms with E-state index in [-0.39, 0.29) is 0 Å². The van der Waals surface area contributed by atoms with E-state index in [2.05, 4.69) is 54.9 Å². The van der Waals surface area contributed by atoms with E-state index in [1.807, 2.05) is 0 Å². The fraction of sp³-hybridized carbons (Fsp3) is 0.625. The minimum Gasteiger partial charge on any atom is -0.0881 e. The molecule has 1 aromatic rings. The predicted octanol–water partition coefficient (Wildman–Crippen LogP) is 5.19. The number of hydrogen-bond acceptors (Lipinski definition) is 0. The molecule has 1 aliphatic rings. The molecule has 2 rings (SSSR count). The quantitative estimate of drug-likeness (QED) is 0.673. The predicted molar refractivity (Wildman–Crippen MR) is 78.9 cm³/mol. The first kappa shape index (κ1) is 13.1. The molecular formula is C16H23Br. The molecule has 1 aliphatic carbocycles. The van der Waals surface area contributed by atoms with Gasteiger partial charge in [-0.15, -0.1) is 0 Å². The Hall–Kier alpha value is -0.300. The summed E-state index contributed by atoms with van der Waals surface area (Å²) in [7, 11) is 0. The van der Waals surface area contributed by atoms with Crippen LogP contribution in [-0.4, -0.2) is 4.83 Å². The number of alkyl halides is 1. The molecule has 0 N–H and O–H groups in total. The third-order valence-corrected chi connectivity index (χ3v) is 5.83. The highest BCUT2D eigenvalue weighted by Crippen LogP contribution is 2.44. The first-order valence-corrected chi connectivity index (χ1v) is 7.63. The van der Waals surface area contributed by atoms with Gasteiger partial charge < -0.3 is 0 Å². The Morgan fingerprint density at radius 2 is 1.88 bits per heavy atom. The highest BCUT2D eigenvalue weighted by atomic mass is 79.9. The molecule has 0 nitrogen and oxygen atoms in total. The van der Waals surface area contributed by atoms with Gasteiger partial charge in [0.25, 0.3) is 0 Å². The summed E-state index contributed by atoms with van der Waals surface area (Å²) in [5.74, 6) is 0. The van der Waals surface area contributed by atoms with Crippen molar-refractivity contribution in [2.75, 3.05) is 0 Å². The van der Waals surface area contributed by atoms with Gasteiger partial charge >= 0.3 is 0 Å². The van der Waals surface area contributed by atoms with Crippen molar-refractivity contribution >= 4 is 15.9 Å². The van der Waals surface area contributed by atoms with Crippen LogP contribution in [0.15, 0.2) is 18.2 Å². The van der Waals surface area contributed by atoms with Gasteiger partial charge in [-0.05, 0) is 49.7 Å². The maximum absolute atomic E-state index is 3.96. The first-order valence-electron chi connectivity index (χ1n) is 6.71. The van der Waals surface area contributed by atoms with Crippen molar-refractivity contribution in [2.45, 2.75) is 57.7 Å². The van der Waals surface area contributed by atoms with Crippen molar-refractivity contribution in [3.63, 3.8) is 0 Å². The molecule has 0 bridgehead atoms. The number of benzene rings is 1. The van der Waals surface area contributed by atoms with Crippen LogP contribution < -0.4 is 0 Å². The minimum absolute atomic E-state index is 0.510. The topological polar surface area (TPSA) is 0 Å². The van der Waals surface area contributed by atoms with Crippen molar-refractivity contribution in [1.29, 1.82) is 0 Å². The number of aryl methyl sites for hydroxylation is 2. The summed E-state index contributed by atoms with van der Waals surface area (Å²) in [4.78, 5) is 0.623. The fourth-order valence-corrected chi connectivity index (χ4v) is 3.76. The molecule has 1 unspecified atom stereocenters. The fourth-order valence-electron chi connectivity index (χ4n) is 2.96. The van der Waals surface area contributed by atoms with Crippen LogP contribution in [0.3, 0.4) is 0 Å². The summed E-state index contributed by atoms with van der Waals surface area (Å²) >= 11 is 3.96. The van der Waals surface area contributed by atoms with Crippen LogP contribution in [0.2, 0.25) is 0 Å². The molecule has 1 heteroatoms. The zero-order chi connectivity index (χ0) is 12.5. The lowest BCUT2D eigenvalue weighted by Crippen LogP contribution is -2.26. The van der Waals surface area contributed by atoms with Gasteiger partial charge in [0.15, 0.2) is 0 Å². The Kier molecular flexibility index (Phi) is 3.97. The van der Waals surface area contributed by atoms with Gasteiger partial charge in [0, 0.05) is 4.83 Å². The van der Waals surface area contributed by atoms with Crippen LogP contribution in [0.4, 0.5) is 0 Å². The van der Waals surface area contributed by atoms with E-state index in [9.17, 15) is 0 Å². The molecule has 0 saturated heterocycles. The summed E-state index contributed by atoms with van der Waals surface area (Å²) in [6.07, 6.45) is 6.75. The average Bonchev–Trinajstić information content (AvgIpc) is 2.72. The second-order valence-electron chi connectivity index (χ2n) is 5.96. The third-order valence-electron chi connectivity index (χ3n) is 4.41. The van der Waals surface area contributed by atoms with E-state index < -0.39 is 0 Å². The third kappa shape index (κ3) is 2.93. The molecule has 0 aliphatic heterocycles. The molecule has 0 heterocycles. The van der Waals surface area contributed by atoms with Crippen molar-refractivity contribution < 1.29 is 0 Å². The maximum atomic E-state index is 3.96. The van der Waals surface area contributed by atoms with Crippen molar-refractivity contribution in [1.82, 2.24) is 0 Å². The summed E-state index contributed by atoms with van der Waals surface area (Å²) in [6.45, 7) is 6.86. The Balaban J connectivity index is 2.12. The minimum atomic E-state index is 0.510. The summed E-state index contributed by atoms with van der Waals surface area (Å²) in [5, 5.41) is 0. The second-order valence-corrected chi connectivity index (χ2v) is 7.07. The van der Waals surface area contributed by atoms with Gasteiger partial charge in [0.2, 0.25) is 0 Å². The van der Waals surface area contributed by atoms with Crippen molar-refractivity contribution in [3.05, 3.63) is 34.9 Å². The van der Waals surface area contributed by atoms with Crippen LogP contribution in [0.5, 0.6) is 0 Å². The van der Waals surface area contributed by atoms with E-state index in [0.717, 1.165) is 0 Å². The highest BCUT2D eigenvalue weighted by molar-refractivity contribution is 9.09. The zero-order valence-electron chi connectivity index (χ0n) is 11.2. The van der Waals surface area contributed by atoms with E-state index in [4.69, 9.17) is 0 Å². The molecule has 1 saturated carbocycles. The number of halogens is 1. The summed E-state index contributed by atoms with van der Waals surface area (Å²) in [6, 6.07) is 6.81. The van der Waals surface area contributed by atoms with Gasteiger partial charge in [0.1, 0.15) is 0 Å². The normalized spacial score (nSPS) is 20.5. The molecule has 0 amide bonds. The summed E-state index contributed by atoms with van der Waals surface area (Å²) in [5.41, 5.74) is 4.83. The van der Waals surface area contributed by atoms with Crippen molar-refractivity contribution in [3.8, 4) is 0 Å². The maximum Gasteiger partial charge on any atom is 0.0240 e. The van der Waals surface area contributed by atoms with E-state index in [1.165, 1.54) is 48.8 Å². The number of rotatable bonds is 3. The standard InChI is InChI=1S/C16H23Br/c1-12-6-7-13(2)14(10-12)11-15(17)16(3)8-4-5-9-16/h6-7,10,15H,4-5,8-9,11H2,1-3H3. The second kappa shape index (κ2) is 5.14. The molecule has 0 radical (unpaired) electrons. The lowest BCUT2D eigenvalue weighted by molar-refractivity contribution is 0.325. The molecule has 0 spiro atoms. The van der Waals surface area contributed by atoms with Crippen LogP contribution in [0.25, 0.3) is 0 Å². The lowest BCUT2D eigenvalue weighted by atomic mass is 9.82. The van der Waals surface area contributed by atoms with Crippen LogP contribution in [0.1, 0.15) is 49.3 Å². The highest BCUT2D eigenvalue weighted by Gasteiger charge is 2.35. The van der Waals surface area contributed by atoms with E-state index in [0.29, 0.717) is 10.2 Å². The lowest BCUT2D eigenvalue weighted by Gasteiger charge is -2.30. The zero-order valence-corrected chi connectivity index (χ0v) is 12.8. The van der Waals surface area contributed by atoms with Crippen LogP contribution >= 0.6 is 15.9 Å². The molecule has 17 heavy (non-hydrogen) atoms. The molecule has 1 atom stereocenters. The number of hydrogen-bond donors (Lipinski definition) is 0. The van der Waals surface area contributed by atoms with Crippen LogP contribution in [-0.2, 0) is 6.42 Å². The first-order chi connectivity index (χ1) is 8.01. The Morgan fingerprint density at radius 1 is 1.24 bits per heavy atom. The SMILES string of the molecule is Cc1ccc(C)c(CC(Br)C2(C)CCCC2)c1. The average molecular weight is 295 g/mol. The Labute approximate surface area is 114 Å². The molecule has 1 aromatic carbocycles. The smallest absolute Gasteiger partial charge is 0.0240 e. The largest absolute Gasteiger partial charge is 0.0881 e. The van der Waals surface area contributed by atoms with E-state index >= 15 is 0 Å². The molecule has 94 valence electrons. The van der Waals surface area contributed by atoms with Gasteiger partial charge in [-0.1, -0.05) is 59.5 Å². The Morgan fingerprint density at radius 3 is 2.53 bits per heavy atom. The monoisotopic (exact) mass is 294 g/mol. The summed E-state index contributed by atoms with van der Waals surface area (Å²) < 4.78 is 0. The van der Waals surface area contributed by atoms with Gasteiger partial charge in [-0.25, -0.2) is 0 Å². The van der Waals surface area contributed by atoms with Gasteiger partial charge in [0.05, 0.1) is 0 Å². The molecule has 0 aromatic heterocycles. The van der Waals surface area contributed by atoms with Crippen LogP contribution in [0, 0.1) is 19.3 Å². The Bertz CT molecular complexity index is 389. The van der Waals surface area contributed by atoms with Gasteiger partial charge in [-0.3, -0.25) is 0 Å². The van der Waals surface area contributed by atoms with Gasteiger partial charge in [-0.2, -0.15) is 0 Å². The van der Waals surface area contributed by atoms with Crippen molar-refractivity contribution in [2.24, 2.45) is 5.41 Å².